The van der Waals surface area contributed by atoms with Gasteiger partial charge in [-0.3, -0.25) is 9.59 Å². The van der Waals surface area contributed by atoms with Gasteiger partial charge in [0.1, 0.15) is 6.04 Å². The first-order chi connectivity index (χ1) is 10.6. The Bertz CT molecular complexity index is 680. The summed E-state index contributed by atoms with van der Waals surface area (Å²) in [6.07, 6.45) is 0.630. The monoisotopic (exact) mass is 294 g/mol. The van der Waals surface area contributed by atoms with Crippen LogP contribution in [-0.4, -0.2) is 24.4 Å². The van der Waals surface area contributed by atoms with Gasteiger partial charge in [-0.2, -0.15) is 0 Å². The number of aryl methyl sites for hydroxylation is 1. The SMILES string of the molecule is Cc1ccc(N2CC[C@H](NC(=O)c3ccccc3)C2=O)cc1. The van der Waals surface area contributed by atoms with Gasteiger partial charge < -0.3 is 10.2 Å². The van der Waals surface area contributed by atoms with Gasteiger partial charge in [0.2, 0.25) is 5.91 Å². The van der Waals surface area contributed by atoms with Crippen molar-refractivity contribution in [2.45, 2.75) is 19.4 Å². The van der Waals surface area contributed by atoms with Gasteiger partial charge in [-0.15, -0.1) is 0 Å². The van der Waals surface area contributed by atoms with Crippen LogP contribution in [0.15, 0.2) is 54.6 Å². The molecule has 1 atom stereocenters. The number of nitrogens with zero attached hydrogens (tertiary/aromatic N) is 1. The van der Waals surface area contributed by atoms with Crippen LogP contribution in [-0.2, 0) is 4.79 Å². The number of carbonyl (C=O) groups is 2. The van der Waals surface area contributed by atoms with E-state index in [2.05, 4.69) is 5.32 Å². The number of hydrogen-bond donors (Lipinski definition) is 1. The highest BCUT2D eigenvalue weighted by Gasteiger charge is 2.33. The van der Waals surface area contributed by atoms with Crippen molar-refractivity contribution in [2.24, 2.45) is 0 Å². The summed E-state index contributed by atoms with van der Waals surface area (Å²) in [6, 6.07) is 16.4. The highest BCUT2D eigenvalue weighted by atomic mass is 16.2. The largest absolute Gasteiger partial charge is 0.340 e. The minimum atomic E-state index is -0.450. The van der Waals surface area contributed by atoms with Crippen molar-refractivity contribution in [3.8, 4) is 0 Å². The molecule has 1 heterocycles. The molecule has 1 aliphatic rings. The Kier molecular flexibility index (Phi) is 3.92. The molecule has 0 saturated carbocycles. The summed E-state index contributed by atoms with van der Waals surface area (Å²) in [7, 11) is 0. The minimum absolute atomic E-state index is 0.0480. The zero-order valence-corrected chi connectivity index (χ0v) is 12.5. The third kappa shape index (κ3) is 2.86. The highest BCUT2D eigenvalue weighted by Crippen LogP contribution is 2.22. The van der Waals surface area contributed by atoms with Gasteiger partial charge in [0.05, 0.1) is 0 Å². The minimum Gasteiger partial charge on any atom is -0.340 e. The van der Waals surface area contributed by atoms with Gasteiger partial charge in [-0.25, -0.2) is 0 Å². The number of rotatable bonds is 3. The molecule has 2 aromatic rings. The van der Waals surface area contributed by atoms with Crippen molar-refractivity contribution < 1.29 is 9.59 Å². The van der Waals surface area contributed by atoms with E-state index in [9.17, 15) is 9.59 Å². The van der Waals surface area contributed by atoms with Crippen molar-refractivity contribution in [1.29, 1.82) is 0 Å². The fourth-order valence-electron chi connectivity index (χ4n) is 2.63. The van der Waals surface area contributed by atoms with Gasteiger partial charge in [-0.1, -0.05) is 35.9 Å². The molecule has 3 rings (SSSR count). The van der Waals surface area contributed by atoms with Crippen LogP contribution >= 0.6 is 0 Å². The lowest BCUT2D eigenvalue weighted by atomic mass is 10.2. The average Bonchev–Trinajstić information content (AvgIpc) is 2.90. The molecule has 0 unspecified atom stereocenters. The van der Waals surface area contributed by atoms with Crippen molar-refractivity contribution in [1.82, 2.24) is 5.32 Å². The van der Waals surface area contributed by atoms with E-state index in [1.54, 1.807) is 17.0 Å². The second-order valence-corrected chi connectivity index (χ2v) is 5.51. The molecule has 2 aromatic carbocycles. The number of benzene rings is 2. The van der Waals surface area contributed by atoms with Crippen LogP contribution in [0.25, 0.3) is 0 Å². The number of hydrogen-bond acceptors (Lipinski definition) is 2. The van der Waals surface area contributed by atoms with E-state index in [0.29, 0.717) is 18.5 Å². The van der Waals surface area contributed by atoms with Gasteiger partial charge in [-0.05, 0) is 37.6 Å². The Balaban J connectivity index is 1.69. The third-order valence-corrected chi connectivity index (χ3v) is 3.89. The number of nitrogens with one attached hydrogen (secondary N) is 1. The van der Waals surface area contributed by atoms with E-state index < -0.39 is 6.04 Å². The van der Waals surface area contributed by atoms with Gasteiger partial charge in [0, 0.05) is 17.8 Å². The maximum atomic E-state index is 12.5. The van der Waals surface area contributed by atoms with Crippen LogP contribution in [0.5, 0.6) is 0 Å². The van der Waals surface area contributed by atoms with E-state index >= 15 is 0 Å². The Labute approximate surface area is 129 Å². The average molecular weight is 294 g/mol. The molecule has 1 saturated heterocycles. The standard InChI is InChI=1S/C18H18N2O2/c1-13-7-9-15(10-8-13)20-12-11-16(18(20)22)19-17(21)14-5-3-2-4-6-14/h2-10,16H,11-12H2,1H3,(H,19,21)/t16-/m0/s1. The fourth-order valence-corrected chi connectivity index (χ4v) is 2.63. The first-order valence-corrected chi connectivity index (χ1v) is 7.39. The van der Waals surface area contributed by atoms with Crippen LogP contribution in [0.2, 0.25) is 0 Å². The van der Waals surface area contributed by atoms with Crippen LogP contribution in [0, 0.1) is 6.92 Å². The first-order valence-electron chi connectivity index (χ1n) is 7.39. The van der Waals surface area contributed by atoms with E-state index in [1.807, 2.05) is 49.4 Å². The third-order valence-electron chi connectivity index (χ3n) is 3.89. The molecule has 4 heteroatoms. The van der Waals surface area contributed by atoms with E-state index in [4.69, 9.17) is 0 Å². The number of anilines is 1. The van der Waals surface area contributed by atoms with Crippen LogP contribution < -0.4 is 10.2 Å². The lowest BCUT2D eigenvalue weighted by Gasteiger charge is -2.17. The molecular weight excluding hydrogens is 276 g/mol. The molecule has 1 fully saturated rings. The maximum absolute atomic E-state index is 12.5. The molecule has 0 spiro atoms. The smallest absolute Gasteiger partial charge is 0.251 e. The molecule has 0 radical (unpaired) electrons. The summed E-state index contributed by atoms with van der Waals surface area (Å²) in [5.41, 5.74) is 2.61. The van der Waals surface area contributed by atoms with E-state index in [0.717, 1.165) is 11.3 Å². The normalized spacial score (nSPS) is 17.6. The molecule has 0 aromatic heterocycles. The van der Waals surface area contributed by atoms with Crippen molar-refractivity contribution in [2.75, 3.05) is 11.4 Å². The van der Waals surface area contributed by atoms with Crippen molar-refractivity contribution in [3.05, 3.63) is 65.7 Å². The predicted molar refractivity (Wildman–Crippen MR) is 85.8 cm³/mol. The van der Waals surface area contributed by atoms with Gasteiger partial charge >= 0.3 is 0 Å². The summed E-state index contributed by atoms with van der Waals surface area (Å²) in [4.78, 5) is 26.4. The van der Waals surface area contributed by atoms with Gasteiger partial charge in [0.25, 0.3) is 5.91 Å². The van der Waals surface area contributed by atoms with E-state index in [-0.39, 0.29) is 11.8 Å². The zero-order chi connectivity index (χ0) is 15.5. The number of amides is 2. The molecular formula is C18H18N2O2. The summed E-state index contributed by atoms with van der Waals surface area (Å²) < 4.78 is 0. The van der Waals surface area contributed by atoms with Crippen molar-refractivity contribution >= 4 is 17.5 Å². The second-order valence-electron chi connectivity index (χ2n) is 5.51. The summed E-state index contributed by atoms with van der Waals surface area (Å²) in [6.45, 7) is 2.64. The molecule has 0 bridgehead atoms. The first kappa shape index (κ1) is 14.3. The summed E-state index contributed by atoms with van der Waals surface area (Å²) in [5, 5.41) is 2.83. The Morgan fingerprint density at radius 2 is 1.77 bits per heavy atom. The quantitative estimate of drug-likeness (QED) is 0.945. The Morgan fingerprint density at radius 3 is 2.45 bits per heavy atom. The molecule has 1 N–H and O–H groups in total. The molecule has 4 nitrogen and oxygen atoms in total. The summed E-state index contributed by atoms with van der Waals surface area (Å²) in [5.74, 6) is -0.252. The van der Waals surface area contributed by atoms with E-state index in [1.165, 1.54) is 0 Å². The van der Waals surface area contributed by atoms with Gasteiger partial charge in [0.15, 0.2) is 0 Å². The van der Waals surface area contributed by atoms with Crippen LogP contribution in [0.4, 0.5) is 5.69 Å². The Morgan fingerprint density at radius 1 is 1.09 bits per heavy atom. The number of carbonyl (C=O) groups excluding carboxylic acids is 2. The maximum Gasteiger partial charge on any atom is 0.251 e. The van der Waals surface area contributed by atoms with Crippen molar-refractivity contribution in [3.63, 3.8) is 0 Å². The Hall–Kier alpha value is -2.62. The summed E-state index contributed by atoms with van der Waals surface area (Å²) >= 11 is 0. The second kappa shape index (κ2) is 6.02. The molecule has 0 aliphatic carbocycles. The molecule has 1 aliphatic heterocycles. The zero-order valence-electron chi connectivity index (χ0n) is 12.5. The highest BCUT2D eigenvalue weighted by molar-refractivity contribution is 6.03. The lowest BCUT2D eigenvalue weighted by molar-refractivity contribution is -0.118. The predicted octanol–water partition coefficient (Wildman–Crippen LogP) is 2.53. The lowest BCUT2D eigenvalue weighted by Crippen LogP contribution is -2.41. The fraction of sp³-hybridized carbons (Fsp3) is 0.222. The molecule has 112 valence electrons. The topological polar surface area (TPSA) is 49.4 Å². The van der Waals surface area contributed by atoms with Crippen LogP contribution in [0.1, 0.15) is 22.3 Å². The van der Waals surface area contributed by atoms with Crippen LogP contribution in [0.3, 0.4) is 0 Å². The molecule has 2 amide bonds. The molecule has 22 heavy (non-hydrogen) atoms.